The van der Waals surface area contributed by atoms with Gasteiger partial charge in [0, 0.05) is 17.3 Å². The van der Waals surface area contributed by atoms with E-state index in [1.807, 2.05) is 13.0 Å². The first-order valence-corrected chi connectivity index (χ1v) is 14.8. The van der Waals surface area contributed by atoms with E-state index in [1.54, 1.807) is 0 Å². The van der Waals surface area contributed by atoms with E-state index in [0.29, 0.717) is 6.42 Å². The first-order chi connectivity index (χ1) is 19.2. The zero-order valence-corrected chi connectivity index (χ0v) is 26.1. The minimum Gasteiger partial charge on any atom is -0.460 e. The Balaban J connectivity index is 1.97. The van der Waals surface area contributed by atoms with Crippen LogP contribution in [-0.4, -0.2) is 12.1 Å². The molecule has 0 saturated carbocycles. The Labute approximate surface area is 246 Å². The molecule has 0 amide bonds. The number of hydrogen-bond acceptors (Lipinski definition) is 2. The van der Waals surface area contributed by atoms with Crippen LogP contribution in [0, 0.1) is 23.2 Å². The second-order valence-corrected chi connectivity index (χ2v) is 13.0. The van der Waals surface area contributed by atoms with E-state index in [-0.39, 0.29) is 5.97 Å². The lowest BCUT2D eigenvalue weighted by molar-refractivity contribution is -0.171. The number of hydrogen-bond donors (Lipinski definition) is 0. The molecule has 2 nitrogen and oxygen atoms in total. The third-order valence-electron chi connectivity index (χ3n) is 10.7. The quantitative estimate of drug-likeness (QED) is 0.358. The Bertz CT molecular complexity index is 1610. The molecular formula is C39H44O2. The topological polar surface area (TPSA) is 26.3 Å². The first kappa shape index (κ1) is 28.9. The van der Waals surface area contributed by atoms with Crippen molar-refractivity contribution in [2.75, 3.05) is 0 Å². The third-order valence-corrected chi connectivity index (χ3v) is 10.7. The van der Waals surface area contributed by atoms with Gasteiger partial charge in [0.2, 0.25) is 0 Å². The van der Waals surface area contributed by atoms with Crippen molar-refractivity contribution in [2.24, 2.45) is 16.2 Å². The number of carbonyl (C=O) groups is 1. The summed E-state index contributed by atoms with van der Waals surface area (Å²) < 4.78 is 6.71. The molecule has 4 unspecified atom stereocenters. The van der Waals surface area contributed by atoms with Crippen LogP contribution in [0.25, 0.3) is 17.2 Å². The molecule has 0 radical (unpaired) electrons. The van der Waals surface area contributed by atoms with E-state index >= 15 is 0 Å². The van der Waals surface area contributed by atoms with Crippen LogP contribution in [0.3, 0.4) is 0 Å². The highest BCUT2D eigenvalue weighted by atomic mass is 16.5. The van der Waals surface area contributed by atoms with E-state index in [2.05, 4.69) is 104 Å². The highest BCUT2D eigenvalue weighted by Gasteiger charge is 2.67. The smallest absolute Gasteiger partial charge is 0.305 e. The van der Waals surface area contributed by atoms with Gasteiger partial charge >= 0.3 is 5.97 Å². The van der Waals surface area contributed by atoms with Gasteiger partial charge in [-0.2, -0.15) is 0 Å². The number of benzene rings is 2. The molecule has 0 saturated heterocycles. The molecule has 0 bridgehead atoms. The van der Waals surface area contributed by atoms with E-state index in [1.165, 1.54) is 27.8 Å². The number of aryl methyl sites for hydroxylation is 1. The zero-order valence-electron chi connectivity index (χ0n) is 26.1. The summed E-state index contributed by atoms with van der Waals surface area (Å²) in [7, 11) is 0. The van der Waals surface area contributed by atoms with Gasteiger partial charge in [-0.05, 0) is 91.2 Å². The summed E-state index contributed by atoms with van der Waals surface area (Å²) in [5.41, 5.74) is 12.1. The predicted octanol–water partition coefficient (Wildman–Crippen LogP) is 10.1. The summed E-state index contributed by atoms with van der Waals surface area (Å²) in [6.07, 6.45) is 2.94. The van der Waals surface area contributed by atoms with E-state index in [0.717, 1.165) is 45.4 Å². The molecule has 212 valence electrons. The molecule has 0 aromatic heterocycles. The number of allylic oxidation sites excluding steroid dienone is 6. The van der Waals surface area contributed by atoms with Crippen LogP contribution in [-0.2, 0) is 9.53 Å². The number of fused-ring (bicyclic) bond motifs is 3. The summed E-state index contributed by atoms with van der Waals surface area (Å²) in [5.74, 6) is -0.184. The summed E-state index contributed by atoms with van der Waals surface area (Å²) in [5, 5.41) is 0. The van der Waals surface area contributed by atoms with E-state index in [4.69, 9.17) is 17.9 Å². The second kappa shape index (κ2) is 9.72. The van der Waals surface area contributed by atoms with Gasteiger partial charge in [0.15, 0.2) is 0 Å². The number of esters is 1. The van der Waals surface area contributed by atoms with Crippen molar-refractivity contribution < 1.29 is 9.53 Å². The van der Waals surface area contributed by atoms with Crippen LogP contribution in [0.5, 0.6) is 0 Å². The largest absolute Gasteiger partial charge is 0.460 e. The molecule has 0 heterocycles. The lowest BCUT2D eigenvalue weighted by Gasteiger charge is -2.65. The van der Waals surface area contributed by atoms with Crippen LogP contribution in [0.4, 0.5) is 0 Å². The predicted molar refractivity (Wildman–Crippen MR) is 173 cm³/mol. The fraction of sp³-hybridized carbons (Fsp3) is 0.359. The van der Waals surface area contributed by atoms with Gasteiger partial charge in [-0.15, -0.1) is 0 Å². The summed E-state index contributed by atoms with van der Waals surface area (Å²) in [6, 6.07) is 17.0. The van der Waals surface area contributed by atoms with Crippen molar-refractivity contribution in [3.63, 3.8) is 0 Å². The van der Waals surface area contributed by atoms with Gasteiger partial charge in [0.1, 0.15) is 6.10 Å². The van der Waals surface area contributed by atoms with Crippen LogP contribution < -0.4 is 0 Å². The Morgan fingerprint density at radius 2 is 1.68 bits per heavy atom. The van der Waals surface area contributed by atoms with Gasteiger partial charge in [0.25, 0.3) is 0 Å². The standard InChI is InChI=1S/C39H44O2/c1-12-32(40)41-36-37(9)22-25(5)33(23(2)3)27(7)39(37,11)28(8)35-26(6)34-24(4)17-16-20-30(34)31(38(35,36)10)21-29-18-14-13-15-19-29/h13-21,36H,2,6-7,12,22H2,1,3-5,8-11H3/b31-21+. The maximum absolute atomic E-state index is 13.4. The summed E-state index contributed by atoms with van der Waals surface area (Å²) in [4.78, 5) is 13.4. The lowest BCUT2D eigenvalue weighted by atomic mass is 9.39. The van der Waals surface area contributed by atoms with Gasteiger partial charge in [-0.3, -0.25) is 4.79 Å². The molecule has 3 aliphatic carbocycles. The van der Waals surface area contributed by atoms with Crippen molar-refractivity contribution in [1.29, 1.82) is 0 Å². The van der Waals surface area contributed by atoms with E-state index in [9.17, 15) is 4.79 Å². The maximum atomic E-state index is 13.4. The summed E-state index contributed by atoms with van der Waals surface area (Å²) in [6.45, 7) is 31.3. The SMILES string of the molecule is C=C(C)C1=C(C)CC2(C)C(OC(=O)CC)C3(C)C(=C(C)C2(C)C1=C)C(=C)c1c(C)cccc1/C3=C\c1ccccc1. The van der Waals surface area contributed by atoms with Gasteiger partial charge in [0.05, 0.1) is 5.41 Å². The van der Waals surface area contributed by atoms with E-state index < -0.39 is 22.3 Å². The fourth-order valence-corrected chi connectivity index (χ4v) is 8.63. The lowest BCUT2D eigenvalue weighted by Crippen LogP contribution is -2.62. The molecule has 3 aliphatic rings. The number of rotatable bonds is 4. The Kier molecular flexibility index (Phi) is 6.84. The molecule has 0 fully saturated rings. The Morgan fingerprint density at radius 3 is 2.29 bits per heavy atom. The second-order valence-electron chi connectivity index (χ2n) is 13.0. The molecule has 0 spiro atoms. The molecule has 5 rings (SSSR count). The molecule has 2 heteroatoms. The van der Waals surface area contributed by atoms with Crippen molar-refractivity contribution in [3.8, 4) is 0 Å². The average Bonchev–Trinajstić information content (AvgIpc) is 2.92. The normalized spacial score (nSPS) is 30.1. The highest BCUT2D eigenvalue weighted by Crippen LogP contribution is 2.73. The molecule has 0 aliphatic heterocycles. The molecule has 0 N–H and O–H groups in total. The third kappa shape index (κ3) is 3.79. The van der Waals surface area contributed by atoms with Gasteiger partial charge in [-0.1, -0.05) is 112 Å². The number of carbonyl (C=O) groups excluding carboxylic acids is 1. The molecule has 4 atom stereocenters. The van der Waals surface area contributed by atoms with Crippen molar-refractivity contribution in [3.05, 3.63) is 124 Å². The van der Waals surface area contributed by atoms with Crippen molar-refractivity contribution in [1.82, 2.24) is 0 Å². The van der Waals surface area contributed by atoms with Crippen LogP contribution in [0.2, 0.25) is 0 Å². The molecule has 2 aromatic rings. The molecular weight excluding hydrogens is 500 g/mol. The fourth-order valence-electron chi connectivity index (χ4n) is 8.63. The van der Waals surface area contributed by atoms with Gasteiger partial charge < -0.3 is 4.74 Å². The molecule has 41 heavy (non-hydrogen) atoms. The summed E-state index contributed by atoms with van der Waals surface area (Å²) >= 11 is 0. The van der Waals surface area contributed by atoms with Crippen molar-refractivity contribution in [2.45, 2.75) is 74.3 Å². The number of ether oxygens (including phenoxy) is 1. The van der Waals surface area contributed by atoms with Gasteiger partial charge in [-0.25, -0.2) is 0 Å². The minimum atomic E-state index is -0.641. The van der Waals surface area contributed by atoms with Crippen molar-refractivity contribution >= 4 is 23.2 Å². The molecule has 2 aromatic carbocycles. The zero-order chi connectivity index (χ0) is 30.1. The minimum absolute atomic E-state index is 0.184. The van der Waals surface area contributed by atoms with Crippen LogP contribution in [0.1, 0.15) is 83.6 Å². The maximum Gasteiger partial charge on any atom is 0.305 e. The monoisotopic (exact) mass is 544 g/mol. The Morgan fingerprint density at radius 1 is 1.02 bits per heavy atom. The average molecular weight is 545 g/mol. The Hall–Kier alpha value is -3.65. The van der Waals surface area contributed by atoms with Crippen LogP contribution in [0.15, 0.2) is 102 Å². The van der Waals surface area contributed by atoms with Crippen LogP contribution >= 0.6 is 0 Å². The highest BCUT2D eigenvalue weighted by molar-refractivity contribution is 6.03. The first-order valence-electron chi connectivity index (χ1n) is 14.8.